The molecule has 2 atom stereocenters. The van der Waals surface area contributed by atoms with E-state index in [4.69, 9.17) is 28.4 Å². The molecular weight excluding hydrogens is 396 g/mol. The van der Waals surface area contributed by atoms with Gasteiger partial charge in [-0.2, -0.15) is 0 Å². The predicted octanol–water partition coefficient (Wildman–Crippen LogP) is 3.88. The van der Waals surface area contributed by atoms with Gasteiger partial charge < -0.3 is 28.4 Å². The van der Waals surface area contributed by atoms with Crippen LogP contribution in [0, 0.1) is 5.41 Å². The molecule has 0 saturated heterocycles. The van der Waals surface area contributed by atoms with Crippen LogP contribution in [0.1, 0.15) is 26.7 Å². The van der Waals surface area contributed by atoms with Gasteiger partial charge in [-0.25, -0.2) is 0 Å². The Morgan fingerprint density at radius 2 is 1.00 bits per heavy atom. The average Bonchev–Trinajstić information content (AvgIpc) is 2.74. The second-order valence-corrected chi connectivity index (χ2v) is 8.94. The fraction of sp³-hybridized carbons (Fsp3) is 0.680. The zero-order valence-electron chi connectivity index (χ0n) is 20.5. The summed E-state index contributed by atoms with van der Waals surface area (Å²) < 4.78 is 34.6. The number of ether oxygens (including phenoxy) is 6. The van der Waals surface area contributed by atoms with Gasteiger partial charge in [-0.1, -0.05) is 26.0 Å². The summed E-state index contributed by atoms with van der Waals surface area (Å²) in [4.78, 5) is 0. The summed E-state index contributed by atoms with van der Waals surface area (Å²) in [5.41, 5.74) is 2.79. The molecule has 0 amide bonds. The van der Waals surface area contributed by atoms with Crippen LogP contribution in [0.15, 0.2) is 46.6 Å². The lowest BCUT2D eigenvalue weighted by Crippen LogP contribution is -2.60. The summed E-state index contributed by atoms with van der Waals surface area (Å²) in [6.07, 6.45) is 10.1. The first-order valence-electron chi connectivity index (χ1n) is 10.7. The summed E-state index contributed by atoms with van der Waals surface area (Å²) in [7, 11) is 10.4. The quantitative estimate of drug-likeness (QED) is 0.463. The van der Waals surface area contributed by atoms with Gasteiger partial charge in [0.05, 0.1) is 37.6 Å². The summed E-state index contributed by atoms with van der Waals surface area (Å²) in [5.74, 6) is 0. The molecule has 2 rings (SSSR count). The van der Waals surface area contributed by atoms with Crippen LogP contribution in [0.4, 0.5) is 0 Å². The van der Waals surface area contributed by atoms with Gasteiger partial charge in [0.2, 0.25) is 0 Å². The van der Waals surface area contributed by atoms with Crippen molar-refractivity contribution in [3.8, 4) is 0 Å². The van der Waals surface area contributed by atoms with E-state index in [1.165, 1.54) is 11.1 Å². The van der Waals surface area contributed by atoms with Crippen LogP contribution >= 0.6 is 0 Å². The van der Waals surface area contributed by atoms with Gasteiger partial charge in [0.15, 0.2) is 0 Å². The van der Waals surface area contributed by atoms with Crippen LogP contribution in [0.2, 0.25) is 0 Å². The standard InChI is InChI=1S/C25H40O6/c1-23(2,24(30-7)11-19(15-26-3)9-20(12-24)16-27-4)25(31-8)13-21(17-28-5)10-22(14-25)18-29-6/h9-11,13H,12,14-18H2,1-8H3. The highest BCUT2D eigenvalue weighted by Gasteiger charge is 2.58. The van der Waals surface area contributed by atoms with Gasteiger partial charge in [0.1, 0.15) is 0 Å². The van der Waals surface area contributed by atoms with E-state index in [9.17, 15) is 0 Å². The van der Waals surface area contributed by atoms with Crippen molar-refractivity contribution in [1.82, 2.24) is 0 Å². The molecule has 0 aromatic carbocycles. The van der Waals surface area contributed by atoms with Crippen molar-refractivity contribution >= 4 is 0 Å². The van der Waals surface area contributed by atoms with Crippen molar-refractivity contribution in [3.05, 3.63) is 46.6 Å². The van der Waals surface area contributed by atoms with E-state index >= 15 is 0 Å². The van der Waals surface area contributed by atoms with Gasteiger partial charge >= 0.3 is 0 Å². The number of rotatable bonds is 12. The summed E-state index contributed by atoms with van der Waals surface area (Å²) in [6.45, 7) is 6.53. The van der Waals surface area contributed by atoms with Crippen LogP contribution in [0.5, 0.6) is 0 Å². The third-order valence-electron chi connectivity index (χ3n) is 6.72. The molecule has 0 heterocycles. The molecule has 0 fully saturated rings. The highest BCUT2D eigenvalue weighted by molar-refractivity contribution is 5.42. The van der Waals surface area contributed by atoms with E-state index in [2.05, 4.69) is 38.2 Å². The minimum absolute atomic E-state index is 0.456. The highest BCUT2D eigenvalue weighted by Crippen LogP contribution is 2.54. The monoisotopic (exact) mass is 436 g/mol. The Balaban J connectivity index is 2.61. The minimum Gasteiger partial charge on any atom is -0.380 e. The fourth-order valence-electron chi connectivity index (χ4n) is 5.08. The first-order chi connectivity index (χ1) is 14.8. The first-order valence-corrected chi connectivity index (χ1v) is 10.7. The number of methoxy groups -OCH3 is 6. The zero-order chi connectivity index (χ0) is 23.1. The molecule has 6 heteroatoms. The molecule has 0 aromatic heterocycles. The lowest BCUT2D eigenvalue weighted by atomic mass is 9.57. The Labute approximate surface area is 187 Å². The van der Waals surface area contributed by atoms with Gasteiger partial charge in [0.25, 0.3) is 0 Å². The largest absolute Gasteiger partial charge is 0.380 e. The fourth-order valence-corrected chi connectivity index (χ4v) is 5.08. The van der Waals surface area contributed by atoms with Crippen molar-refractivity contribution in [3.63, 3.8) is 0 Å². The molecule has 0 radical (unpaired) electrons. The molecule has 2 unspecified atom stereocenters. The van der Waals surface area contributed by atoms with Gasteiger partial charge in [-0.15, -0.1) is 0 Å². The maximum absolute atomic E-state index is 6.35. The first kappa shape index (κ1) is 26.0. The summed E-state index contributed by atoms with van der Waals surface area (Å²) >= 11 is 0. The smallest absolute Gasteiger partial charge is 0.0984 e. The Hall–Kier alpha value is -1.28. The van der Waals surface area contributed by atoms with Crippen molar-refractivity contribution in [2.45, 2.75) is 37.9 Å². The van der Waals surface area contributed by atoms with E-state index in [-0.39, 0.29) is 0 Å². The zero-order valence-corrected chi connectivity index (χ0v) is 20.5. The van der Waals surface area contributed by atoms with Crippen molar-refractivity contribution < 1.29 is 28.4 Å². The molecule has 0 N–H and O–H groups in total. The van der Waals surface area contributed by atoms with E-state index in [1.807, 2.05) is 0 Å². The van der Waals surface area contributed by atoms with Crippen molar-refractivity contribution in [2.24, 2.45) is 5.41 Å². The molecule has 0 spiro atoms. The van der Waals surface area contributed by atoms with Crippen LogP contribution < -0.4 is 0 Å². The third kappa shape index (κ3) is 5.21. The van der Waals surface area contributed by atoms with Gasteiger partial charge in [-0.05, 0) is 34.4 Å². The maximum atomic E-state index is 6.35. The molecule has 176 valence electrons. The van der Waals surface area contributed by atoms with Crippen LogP contribution in [0.3, 0.4) is 0 Å². The number of hydrogen-bond donors (Lipinski definition) is 0. The molecule has 31 heavy (non-hydrogen) atoms. The Kier molecular flexibility index (Phi) is 9.25. The van der Waals surface area contributed by atoms with Gasteiger partial charge in [-0.3, -0.25) is 0 Å². The third-order valence-corrected chi connectivity index (χ3v) is 6.72. The molecular formula is C25H40O6. The Morgan fingerprint density at radius 1 is 0.645 bits per heavy atom. The minimum atomic E-state index is -0.621. The normalized spacial score (nSPS) is 26.8. The molecule has 0 aliphatic heterocycles. The van der Waals surface area contributed by atoms with E-state index in [0.29, 0.717) is 39.3 Å². The Morgan fingerprint density at radius 3 is 1.29 bits per heavy atom. The molecule has 2 aliphatic carbocycles. The summed E-state index contributed by atoms with van der Waals surface area (Å²) in [6, 6.07) is 0. The lowest BCUT2D eigenvalue weighted by molar-refractivity contribution is -0.166. The molecule has 0 saturated carbocycles. The van der Waals surface area contributed by atoms with Crippen molar-refractivity contribution in [2.75, 3.05) is 69.1 Å². The summed E-state index contributed by atoms with van der Waals surface area (Å²) in [5, 5.41) is 0. The second kappa shape index (κ2) is 11.0. The van der Waals surface area contributed by atoms with E-state index in [0.717, 1.165) is 11.1 Å². The van der Waals surface area contributed by atoms with E-state index in [1.54, 1.807) is 42.7 Å². The van der Waals surface area contributed by atoms with Crippen molar-refractivity contribution in [1.29, 1.82) is 0 Å². The molecule has 0 aromatic rings. The molecule has 0 bridgehead atoms. The molecule has 6 nitrogen and oxygen atoms in total. The number of hydrogen-bond acceptors (Lipinski definition) is 6. The average molecular weight is 437 g/mol. The predicted molar refractivity (Wildman–Crippen MR) is 122 cm³/mol. The van der Waals surface area contributed by atoms with E-state index < -0.39 is 16.6 Å². The van der Waals surface area contributed by atoms with Crippen LogP contribution in [-0.2, 0) is 28.4 Å². The SMILES string of the molecule is COCC1=CC(OC)(C(C)(C)C2(OC)C=C(COC)C=C(COC)C2)CC(COC)=C1. The Bertz CT molecular complexity index is 672. The topological polar surface area (TPSA) is 55.4 Å². The highest BCUT2D eigenvalue weighted by atomic mass is 16.5. The van der Waals surface area contributed by atoms with Crippen LogP contribution in [0.25, 0.3) is 0 Å². The maximum Gasteiger partial charge on any atom is 0.0984 e. The molecule has 2 aliphatic rings. The van der Waals surface area contributed by atoms with Gasteiger partial charge in [0, 0.05) is 60.9 Å². The lowest BCUT2D eigenvalue weighted by Gasteiger charge is -2.56. The second-order valence-electron chi connectivity index (χ2n) is 8.94. The van der Waals surface area contributed by atoms with Crippen LogP contribution in [-0.4, -0.2) is 80.3 Å².